The van der Waals surface area contributed by atoms with Gasteiger partial charge in [-0.05, 0) is 18.1 Å². The van der Waals surface area contributed by atoms with Gasteiger partial charge in [0.25, 0.3) is 11.6 Å². The Morgan fingerprint density at radius 3 is 2.89 bits per heavy atom. The number of non-ortho nitro benzene ring substituents is 1. The molecule has 0 saturated carbocycles. The van der Waals surface area contributed by atoms with Crippen LogP contribution in [0.1, 0.15) is 16.1 Å². The highest BCUT2D eigenvalue weighted by Crippen LogP contribution is 2.37. The highest BCUT2D eigenvalue weighted by Gasteiger charge is 2.28. The molecule has 0 fully saturated rings. The fourth-order valence-corrected chi connectivity index (χ4v) is 2.48. The summed E-state index contributed by atoms with van der Waals surface area (Å²) in [4.78, 5) is 25.4. The molecule has 1 aliphatic heterocycles. The van der Waals surface area contributed by atoms with Crippen molar-refractivity contribution in [1.82, 2.24) is 10.3 Å². The number of nitrogens with zero attached hydrogens (tertiary/aromatic N) is 1. The summed E-state index contributed by atoms with van der Waals surface area (Å²) in [6, 6.07) is 2.93. The van der Waals surface area contributed by atoms with Gasteiger partial charge in [-0.2, -0.15) is 0 Å². The minimum Gasteiger partial charge on any atom is -0.495 e. The van der Waals surface area contributed by atoms with Crippen molar-refractivity contribution < 1.29 is 14.5 Å². The Morgan fingerprint density at radius 1 is 1.42 bits per heavy atom. The normalized spacial score (nSPS) is 14.1. The number of rotatable bonds is 2. The maximum absolute atomic E-state index is 11.8. The summed E-state index contributed by atoms with van der Waals surface area (Å²) in [7, 11) is 1.49. The van der Waals surface area contributed by atoms with Crippen LogP contribution in [-0.4, -0.2) is 29.5 Å². The zero-order chi connectivity index (χ0) is 13.6. The van der Waals surface area contributed by atoms with E-state index in [1.165, 1.54) is 19.2 Å². The molecule has 1 aromatic heterocycles. The summed E-state index contributed by atoms with van der Waals surface area (Å²) < 4.78 is 5.19. The van der Waals surface area contributed by atoms with Crippen molar-refractivity contribution in [2.75, 3.05) is 13.7 Å². The zero-order valence-electron chi connectivity index (χ0n) is 10.1. The second kappa shape index (κ2) is 3.98. The Hall–Kier alpha value is -2.57. The summed E-state index contributed by atoms with van der Waals surface area (Å²) in [5.74, 6) is 0.247. The molecular weight excluding hydrogens is 250 g/mol. The standard InChI is InChI=1S/C12H11N3O4/c1-19-8-3-2-7(15(17)18)9-6-4-5-13-12(16)10(6)14-11(8)9/h2-3,14H,4-5H2,1H3,(H,13,16). The van der Waals surface area contributed by atoms with Crippen molar-refractivity contribution >= 4 is 22.5 Å². The third kappa shape index (κ3) is 1.55. The molecule has 19 heavy (non-hydrogen) atoms. The van der Waals surface area contributed by atoms with Crippen LogP contribution in [0.15, 0.2) is 12.1 Å². The van der Waals surface area contributed by atoms with Crippen molar-refractivity contribution in [2.45, 2.75) is 6.42 Å². The molecule has 1 aromatic carbocycles. The molecule has 0 spiro atoms. The van der Waals surface area contributed by atoms with Gasteiger partial charge in [0, 0.05) is 12.6 Å². The first-order valence-corrected chi connectivity index (χ1v) is 5.77. The highest BCUT2D eigenvalue weighted by molar-refractivity contribution is 6.06. The lowest BCUT2D eigenvalue weighted by Gasteiger charge is -2.11. The van der Waals surface area contributed by atoms with E-state index < -0.39 is 4.92 Å². The lowest BCUT2D eigenvalue weighted by Crippen LogP contribution is -2.31. The van der Waals surface area contributed by atoms with Crippen LogP contribution in [0.2, 0.25) is 0 Å². The van der Waals surface area contributed by atoms with E-state index in [4.69, 9.17) is 4.74 Å². The SMILES string of the molecule is COc1ccc([N+](=O)[O-])c2c3c([nH]c12)C(=O)NCC3. The molecule has 7 nitrogen and oxygen atoms in total. The third-order valence-corrected chi connectivity index (χ3v) is 3.30. The molecular formula is C12H11N3O4. The number of benzene rings is 1. The number of nitro groups is 1. The number of aromatic amines is 1. The van der Waals surface area contributed by atoms with Crippen molar-refractivity contribution in [3.63, 3.8) is 0 Å². The number of carbonyl (C=O) groups is 1. The van der Waals surface area contributed by atoms with Gasteiger partial charge in [-0.15, -0.1) is 0 Å². The van der Waals surface area contributed by atoms with Gasteiger partial charge in [-0.1, -0.05) is 0 Å². The number of hydrogen-bond acceptors (Lipinski definition) is 4. The van der Waals surface area contributed by atoms with Crippen LogP contribution in [0.25, 0.3) is 10.9 Å². The van der Waals surface area contributed by atoms with E-state index in [0.29, 0.717) is 40.9 Å². The van der Waals surface area contributed by atoms with Gasteiger partial charge in [-0.25, -0.2) is 0 Å². The molecule has 7 heteroatoms. The average molecular weight is 261 g/mol. The summed E-state index contributed by atoms with van der Waals surface area (Å²) in [5, 5.41) is 14.3. The van der Waals surface area contributed by atoms with Crippen molar-refractivity contribution in [1.29, 1.82) is 0 Å². The number of fused-ring (bicyclic) bond motifs is 3. The molecule has 98 valence electrons. The third-order valence-electron chi connectivity index (χ3n) is 3.30. The fraction of sp³-hybridized carbons (Fsp3) is 0.250. The van der Waals surface area contributed by atoms with E-state index in [9.17, 15) is 14.9 Å². The Bertz CT molecular complexity index is 705. The largest absolute Gasteiger partial charge is 0.495 e. The van der Waals surface area contributed by atoms with E-state index in [1.807, 2.05) is 0 Å². The van der Waals surface area contributed by atoms with Crippen LogP contribution in [0.4, 0.5) is 5.69 Å². The van der Waals surface area contributed by atoms with E-state index in [-0.39, 0.29) is 11.6 Å². The molecule has 0 saturated heterocycles. The number of hydrogen-bond donors (Lipinski definition) is 2. The minimum atomic E-state index is -0.442. The predicted octanol–water partition coefficient (Wildman–Crippen LogP) is 1.37. The van der Waals surface area contributed by atoms with Gasteiger partial charge in [0.2, 0.25) is 0 Å². The molecule has 2 aromatic rings. The quantitative estimate of drug-likeness (QED) is 0.630. The van der Waals surface area contributed by atoms with Crippen LogP contribution in [0.5, 0.6) is 5.75 Å². The molecule has 0 bridgehead atoms. The Balaban J connectivity index is 2.42. The van der Waals surface area contributed by atoms with Crippen molar-refractivity contribution in [3.8, 4) is 5.75 Å². The fourth-order valence-electron chi connectivity index (χ4n) is 2.48. The van der Waals surface area contributed by atoms with Crippen LogP contribution in [0, 0.1) is 10.1 Å². The van der Waals surface area contributed by atoms with Crippen LogP contribution in [0.3, 0.4) is 0 Å². The summed E-state index contributed by atoms with van der Waals surface area (Å²) in [6.45, 7) is 0.479. The number of H-pyrrole nitrogens is 1. The van der Waals surface area contributed by atoms with Crippen LogP contribution in [-0.2, 0) is 6.42 Å². The molecule has 2 heterocycles. The number of methoxy groups -OCH3 is 1. The second-order valence-corrected chi connectivity index (χ2v) is 4.28. The first-order chi connectivity index (χ1) is 9.13. The first-order valence-electron chi connectivity index (χ1n) is 5.77. The van der Waals surface area contributed by atoms with Gasteiger partial charge in [-0.3, -0.25) is 14.9 Å². The molecule has 1 aliphatic rings. The van der Waals surface area contributed by atoms with Crippen molar-refractivity contribution in [2.24, 2.45) is 0 Å². The van der Waals surface area contributed by atoms with Gasteiger partial charge in [0.05, 0.1) is 22.9 Å². The minimum absolute atomic E-state index is 0.0111. The highest BCUT2D eigenvalue weighted by atomic mass is 16.6. The number of aromatic nitrogens is 1. The van der Waals surface area contributed by atoms with Gasteiger partial charge >= 0.3 is 0 Å². The summed E-state index contributed by atoms with van der Waals surface area (Å²) in [5.41, 5.74) is 1.56. The first kappa shape index (κ1) is 11.5. The lowest BCUT2D eigenvalue weighted by molar-refractivity contribution is -0.383. The molecule has 0 atom stereocenters. The topological polar surface area (TPSA) is 97.3 Å². The average Bonchev–Trinajstić information content (AvgIpc) is 2.78. The summed E-state index contributed by atoms with van der Waals surface area (Å²) in [6.07, 6.45) is 0.565. The monoisotopic (exact) mass is 261 g/mol. The van der Waals surface area contributed by atoms with E-state index in [2.05, 4.69) is 10.3 Å². The van der Waals surface area contributed by atoms with E-state index in [0.717, 1.165) is 0 Å². The molecule has 2 N–H and O–H groups in total. The predicted molar refractivity (Wildman–Crippen MR) is 67.5 cm³/mol. The maximum Gasteiger partial charge on any atom is 0.279 e. The Morgan fingerprint density at radius 2 is 2.21 bits per heavy atom. The van der Waals surface area contributed by atoms with Crippen LogP contribution >= 0.6 is 0 Å². The number of amides is 1. The Labute approximate surface area is 107 Å². The molecule has 0 aliphatic carbocycles. The number of nitro benzene ring substituents is 1. The lowest BCUT2D eigenvalue weighted by atomic mass is 10.0. The number of carbonyl (C=O) groups excluding carboxylic acids is 1. The molecule has 3 rings (SSSR count). The summed E-state index contributed by atoms with van der Waals surface area (Å²) >= 11 is 0. The van der Waals surface area contributed by atoms with Gasteiger partial charge in [0.1, 0.15) is 11.4 Å². The molecule has 1 amide bonds. The number of ether oxygens (including phenoxy) is 1. The maximum atomic E-state index is 11.8. The van der Waals surface area contributed by atoms with Gasteiger partial charge in [0.15, 0.2) is 0 Å². The van der Waals surface area contributed by atoms with Gasteiger partial charge < -0.3 is 15.0 Å². The van der Waals surface area contributed by atoms with E-state index >= 15 is 0 Å². The number of nitrogens with one attached hydrogen (secondary N) is 2. The van der Waals surface area contributed by atoms with E-state index in [1.54, 1.807) is 0 Å². The Kier molecular flexibility index (Phi) is 2.41. The molecule has 0 radical (unpaired) electrons. The second-order valence-electron chi connectivity index (χ2n) is 4.28. The molecule has 0 unspecified atom stereocenters. The van der Waals surface area contributed by atoms with Crippen LogP contribution < -0.4 is 10.1 Å². The van der Waals surface area contributed by atoms with Crippen molar-refractivity contribution in [3.05, 3.63) is 33.5 Å². The zero-order valence-corrected chi connectivity index (χ0v) is 10.1. The smallest absolute Gasteiger partial charge is 0.279 e.